The highest BCUT2D eigenvalue weighted by Gasteiger charge is 2.07. The van der Waals surface area contributed by atoms with E-state index in [0.717, 1.165) is 40.9 Å². The van der Waals surface area contributed by atoms with E-state index in [9.17, 15) is 0 Å². The molecule has 2 aromatic carbocycles. The van der Waals surface area contributed by atoms with Crippen molar-refractivity contribution in [1.82, 2.24) is 15.0 Å². The van der Waals surface area contributed by atoms with Gasteiger partial charge < -0.3 is 4.42 Å². The Balaban J connectivity index is 1.49. The number of fused-ring (bicyclic) bond motifs is 1. The van der Waals surface area contributed by atoms with Crippen molar-refractivity contribution >= 4 is 11.0 Å². The topological polar surface area (TPSA) is 51.8 Å². The Morgan fingerprint density at radius 3 is 2.39 bits per heavy atom. The zero-order valence-electron chi connectivity index (χ0n) is 12.5. The highest BCUT2D eigenvalue weighted by atomic mass is 16.4. The molecular formula is C19H15N3O. The molecule has 0 aliphatic rings. The second-order valence-electron chi connectivity index (χ2n) is 5.35. The molecule has 0 radical (unpaired) electrons. The fourth-order valence-corrected chi connectivity index (χ4v) is 2.50. The Labute approximate surface area is 133 Å². The van der Waals surface area contributed by atoms with E-state index in [4.69, 9.17) is 4.42 Å². The fraction of sp³-hybridized carbons (Fsp3) is 0.105. The third-order valence-electron chi connectivity index (χ3n) is 3.70. The van der Waals surface area contributed by atoms with E-state index in [0.29, 0.717) is 5.89 Å². The molecule has 4 aromatic rings. The molecular weight excluding hydrogens is 286 g/mol. The lowest BCUT2D eigenvalue weighted by molar-refractivity contribution is 0.516. The molecule has 0 aliphatic carbocycles. The van der Waals surface area contributed by atoms with Gasteiger partial charge in [0.1, 0.15) is 5.76 Å². The summed E-state index contributed by atoms with van der Waals surface area (Å²) >= 11 is 0. The normalized spacial score (nSPS) is 11.0. The third kappa shape index (κ3) is 2.97. The number of aryl methyl sites for hydroxylation is 2. The molecule has 4 nitrogen and oxygen atoms in total. The summed E-state index contributed by atoms with van der Waals surface area (Å²) in [7, 11) is 0. The van der Waals surface area contributed by atoms with Crippen LogP contribution in [0.3, 0.4) is 0 Å². The van der Waals surface area contributed by atoms with Crippen LogP contribution in [0.15, 0.2) is 71.4 Å². The van der Waals surface area contributed by atoms with Crippen molar-refractivity contribution in [2.75, 3.05) is 0 Å². The Morgan fingerprint density at radius 2 is 1.52 bits per heavy atom. The second kappa shape index (κ2) is 6.01. The molecule has 0 N–H and O–H groups in total. The van der Waals surface area contributed by atoms with Gasteiger partial charge in [-0.05, 0) is 30.7 Å². The Morgan fingerprint density at radius 1 is 0.739 bits per heavy atom. The average molecular weight is 301 g/mol. The van der Waals surface area contributed by atoms with Crippen LogP contribution in [0.2, 0.25) is 0 Å². The lowest BCUT2D eigenvalue weighted by Gasteiger charge is -2.01. The number of nitrogens with zero attached hydrogens (tertiary/aromatic N) is 3. The molecule has 0 saturated carbocycles. The molecule has 0 atom stereocenters. The van der Waals surface area contributed by atoms with E-state index in [1.165, 1.54) is 0 Å². The molecule has 0 amide bonds. The van der Waals surface area contributed by atoms with Crippen LogP contribution >= 0.6 is 0 Å². The van der Waals surface area contributed by atoms with Gasteiger partial charge in [-0.2, -0.15) is 0 Å². The maximum atomic E-state index is 5.82. The zero-order valence-corrected chi connectivity index (χ0v) is 12.5. The van der Waals surface area contributed by atoms with Crippen molar-refractivity contribution in [3.05, 3.63) is 78.4 Å². The van der Waals surface area contributed by atoms with Gasteiger partial charge in [0, 0.05) is 18.2 Å². The first-order valence-corrected chi connectivity index (χ1v) is 7.59. The molecule has 2 aromatic heterocycles. The van der Waals surface area contributed by atoms with Crippen LogP contribution in [0.25, 0.3) is 22.5 Å². The predicted molar refractivity (Wildman–Crippen MR) is 88.9 cm³/mol. The molecule has 0 unspecified atom stereocenters. The van der Waals surface area contributed by atoms with Gasteiger partial charge >= 0.3 is 0 Å². The average Bonchev–Trinajstić information content (AvgIpc) is 3.10. The van der Waals surface area contributed by atoms with Gasteiger partial charge in [-0.25, -0.2) is 9.97 Å². The van der Waals surface area contributed by atoms with Crippen LogP contribution in [-0.2, 0) is 12.8 Å². The molecule has 4 rings (SSSR count). The Hall–Kier alpha value is -3.01. The van der Waals surface area contributed by atoms with Crippen molar-refractivity contribution in [3.8, 4) is 11.5 Å². The summed E-state index contributed by atoms with van der Waals surface area (Å²) in [5.41, 5.74) is 3.79. The molecule has 23 heavy (non-hydrogen) atoms. The minimum Gasteiger partial charge on any atom is -0.441 e. The van der Waals surface area contributed by atoms with E-state index >= 15 is 0 Å². The van der Waals surface area contributed by atoms with Crippen LogP contribution in [-0.4, -0.2) is 15.0 Å². The first-order chi connectivity index (χ1) is 11.4. The Bertz CT molecular complexity index is 931. The van der Waals surface area contributed by atoms with Gasteiger partial charge in [-0.3, -0.25) is 4.98 Å². The summed E-state index contributed by atoms with van der Waals surface area (Å²) in [6, 6.07) is 17.8. The highest BCUT2D eigenvalue weighted by Crippen LogP contribution is 2.19. The number of benzene rings is 2. The first kappa shape index (κ1) is 13.6. The summed E-state index contributed by atoms with van der Waals surface area (Å²) in [6.45, 7) is 0. The zero-order chi connectivity index (χ0) is 15.5. The van der Waals surface area contributed by atoms with Crippen LogP contribution in [0.5, 0.6) is 0 Å². The van der Waals surface area contributed by atoms with Gasteiger partial charge in [-0.15, -0.1) is 0 Å². The van der Waals surface area contributed by atoms with Crippen molar-refractivity contribution in [2.45, 2.75) is 12.8 Å². The molecule has 0 bridgehead atoms. The summed E-state index contributed by atoms with van der Waals surface area (Å²) < 4.78 is 5.82. The van der Waals surface area contributed by atoms with E-state index in [2.05, 4.69) is 15.0 Å². The van der Waals surface area contributed by atoms with Crippen molar-refractivity contribution in [1.29, 1.82) is 0 Å². The summed E-state index contributed by atoms with van der Waals surface area (Å²) in [4.78, 5) is 13.4. The molecule has 0 spiro atoms. The van der Waals surface area contributed by atoms with Crippen LogP contribution in [0.1, 0.15) is 11.5 Å². The van der Waals surface area contributed by atoms with Gasteiger partial charge in [0.2, 0.25) is 5.89 Å². The maximum Gasteiger partial charge on any atom is 0.226 e. The number of rotatable bonds is 4. The van der Waals surface area contributed by atoms with E-state index in [1.807, 2.05) is 60.8 Å². The number of para-hydroxylation sites is 2. The summed E-state index contributed by atoms with van der Waals surface area (Å²) in [5.74, 6) is 1.52. The smallest absolute Gasteiger partial charge is 0.226 e. The first-order valence-electron chi connectivity index (χ1n) is 7.59. The summed E-state index contributed by atoms with van der Waals surface area (Å²) in [5, 5.41) is 0. The van der Waals surface area contributed by atoms with Gasteiger partial charge in [0.25, 0.3) is 0 Å². The maximum absolute atomic E-state index is 5.82. The SMILES string of the molecule is c1ccc(-c2ncc(CCc3cnc4ccccc4n3)o2)cc1. The molecule has 4 heteroatoms. The molecule has 0 fully saturated rings. The number of hydrogen-bond donors (Lipinski definition) is 0. The Kier molecular flexibility index (Phi) is 3.56. The minimum atomic E-state index is 0.658. The van der Waals surface area contributed by atoms with Gasteiger partial charge in [0.05, 0.1) is 22.9 Å². The molecule has 112 valence electrons. The number of oxazole rings is 1. The van der Waals surface area contributed by atoms with E-state index in [-0.39, 0.29) is 0 Å². The monoisotopic (exact) mass is 301 g/mol. The van der Waals surface area contributed by atoms with Crippen LogP contribution < -0.4 is 0 Å². The standard InChI is InChI=1S/C19H15N3O/c1-2-6-14(7-3-1)19-21-13-16(23-19)11-10-15-12-20-17-8-4-5-9-18(17)22-15/h1-9,12-13H,10-11H2. The van der Waals surface area contributed by atoms with Gasteiger partial charge in [0.15, 0.2) is 0 Å². The molecule has 0 saturated heterocycles. The van der Waals surface area contributed by atoms with Crippen molar-refractivity contribution in [3.63, 3.8) is 0 Å². The fourth-order valence-electron chi connectivity index (χ4n) is 2.50. The minimum absolute atomic E-state index is 0.658. The second-order valence-corrected chi connectivity index (χ2v) is 5.35. The van der Waals surface area contributed by atoms with Crippen molar-refractivity contribution < 1.29 is 4.42 Å². The van der Waals surface area contributed by atoms with Crippen LogP contribution in [0, 0.1) is 0 Å². The number of aromatic nitrogens is 3. The summed E-state index contributed by atoms with van der Waals surface area (Å²) in [6.07, 6.45) is 5.15. The highest BCUT2D eigenvalue weighted by molar-refractivity contribution is 5.73. The largest absolute Gasteiger partial charge is 0.441 e. The predicted octanol–water partition coefficient (Wildman–Crippen LogP) is 4.07. The lowest BCUT2D eigenvalue weighted by Crippen LogP contribution is -1.95. The quantitative estimate of drug-likeness (QED) is 0.570. The molecule has 2 heterocycles. The van der Waals surface area contributed by atoms with E-state index in [1.54, 1.807) is 6.20 Å². The third-order valence-corrected chi connectivity index (χ3v) is 3.70. The van der Waals surface area contributed by atoms with Gasteiger partial charge in [-0.1, -0.05) is 30.3 Å². The van der Waals surface area contributed by atoms with E-state index < -0.39 is 0 Å². The van der Waals surface area contributed by atoms with Crippen molar-refractivity contribution in [2.24, 2.45) is 0 Å². The number of hydrogen-bond acceptors (Lipinski definition) is 4. The molecule has 0 aliphatic heterocycles. The lowest BCUT2D eigenvalue weighted by atomic mass is 10.2. The van der Waals surface area contributed by atoms with Crippen LogP contribution in [0.4, 0.5) is 0 Å².